The van der Waals surface area contributed by atoms with E-state index < -0.39 is 17.4 Å². The highest BCUT2D eigenvalue weighted by atomic mass is 32.1. The first-order chi connectivity index (χ1) is 27.8. The maximum Gasteiger partial charge on any atom is 0.255 e. The van der Waals surface area contributed by atoms with Crippen LogP contribution in [0.1, 0.15) is 73.0 Å². The second-order valence-corrected chi connectivity index (χ2v) is 15.3. The van der Waals surface area contributed by atoms with Crippen LogP contribution in [0, 0.1) is 5.41 Å². The normalized spacial score (nSPS) is 17.6. The van der Waals surface area contributed by atoms with E-state index >= 15 is 0 Å². The molecule has 6 rings (SSSR count). The largest absolute Gasteiger partial charge is 0.379 e. The van der Waals surface area contributed by atoms with Crippen LogP contribution in [0.3, 0.4) is 0 Å². The van der Waals surface area contributed by atoms with E-state index in [-0.39, 0.29) is 56.0 Å². The predicted molar refractivity (Wildman–Crippen MR) is 213 cm³/mol. The van der Waals surface area contributed by atoms with Gasteiger partial charge in [0.15, 0.2) is 5.13 Å². The van der Waals surface area contributed by atoms with Crippen molar-refractivity contribution in [2.45, 2.75) is 70.4 Å². The van der Waals surface area contributed by atoms with Gasteiger partial charge in [-0.1, -0.05) is 31.4 Å². The molecular weight excluding hydrogens is 753 g/mol. The number of pyridine rings is 1. The summed E-state index contributed by atoms with van der Waals surface area (Å²) < 4.78 is 16.8. The van der Waals surface area contributed by atoms with Crippen molar-refractivity contribution in [3.63, 3.8) is 0 Å². The zero-order valence-corrected chi connectivity index (χ0v) is 33.0. The zero-order valence-electron chi connectivity index (χ0n) is 32.1. The van der Waals surface area contributed by atoms with Crippen molar-refractivity contribution in [3.8, 4) is 0 Å². The Morgan fingerprint density at radius 3 is 2.46 bits per heavy atom. The van der Waals surface area contributed by atoms with Crippen molar-refractivity contribution < 1.29 is 38.2 Å². The molecule has 306 valence electrons. The molecule has 3 aromatic rings. The summed E-state index contributed by atoms with van der Waals surface area (Å²) in [5.74, 6) is -0.549. The highest BCUT2D eigenvalue weighted by molar-refractivity contribution is 7.13. The molecule has 1 saturated heterocycles. The Morgan fingerprint density at radius 1 is 0.912 bits per heavy atom. The number of amides is 5. The number of anilines is 3. The van der Waals surface area contributed by atoms with E-state index in [0.717, 1.165) is 48.7 Å². The monoisotopic (exact) mass is 804 g/mol. The number of thiazole rings is 1. The first-order valence-electron chi connectivity index (χ1n) is 19.7. The average Bonchev–Trinajstić information content (AvgIpc) is 3.84. The van der Waals surface area contributed by atoms with Gasteiger partial charge in [0.25, 0.3) is 5.91 Å². The summed E-state index contributed by atoms with van der Waals surface area (Å²) in [7, 11) is 0. The lowest BCUT2D eigenvalue weighted by Crippen LogP contribution is -2.52. The van der Waals surface area contributed by atoms with Crippen molar-refractivity contribution in [3.05, 3.63) is 64.8 Å². The standard InChI is InChI=1S/C40H52N8O8S/c49-34-11-10-32(36(51)47-34)48-27-30-29(37(48)52)7-5-8-31(30)45-35(50)12-19-54-21-23-56-24-22-55-20-17-41-15-16-42-38(53)40(13-2-1-3-14-40)26-28-6-4-9-33(44-28)46-39-43-18-25-57-39/h4-9,18,25,32,41H,1-3,10-17,19-24,26-27H2,(H,42,53)(H,45,50)(H,43,44,46)(H,47,49,51). The molecule has 4 heterocycles. The smallest absolute Gasteiger partial charge is 0.255 e. The Labute approximate surface area is 336 Å². The fourth-order valence-electron chi connectivity index (χ4n) is 7.45. The number of carbonyl (C=O) groups is 5. The highest BCUT2D eigenvalue weighted by Crippen LogP contribution is 2.39. The number of fused-ring (bicyclic) bond motifs is 1. The zero-order chi connectivity index (χ0) is 39.9. The molecule has 2 aromatic heterocycles. The Kier molecular flexibility index (Phi) is 15.5. The van der Waals surface area contributed by atoms with E-state index in [4.69, 9.17) is 19.2 Å². The van der Waals surface area contributed by atoms with Crippen LogP contribution in [-0.2, 0) is 46.4 Å². The Balaban J connectivity index is 0.773. The number of aromatic nitrogens is 2. The van der Waals surface area contributed by atoms with E-state index in [1.807, 2.05) is 23.6 Å². The van der Waals surface area contributed by atoms with Crippen molar-refractivity contribution >= 4 is 57.5 Å². The van der Waals surface area contributed by atoms with E-state index in [0.29, 0.717) is 75.9 Å². The van der Waals surface area contributed by atoms with Gasteiger partial charge in [0.2, 0.25) is 23.6 Å². The van der Waals surface area contributed by atoms with Crippen molar-refractivity contribution in [2.24, 2.45) is 5.41 Å². The van der Waals surface area contributed by atoms with Crippen LogP contribution < -0.4 is 26.6 Å². The van der Waals surface area contributed by atoms with Gasteiger partial charge < -0.3 is 40.4 Å². The van der Waals surface area contributed by atoms with E-state index in [1.54, 1.807) is 24.4 Å². The van der Waals surface area contributed by atoms with Crippen molar-refractivity contribution in [1.29, 1.82) is 0 Å². The van der Waals surface area contributed by atoms with Crippen molar-refractivity contribution in [1.82, 2.24) is 30.8 Å². The van der Waals surface area contributed by atoms with Gasteiger partial charge >= 0.3 is 0 Å². The number of carbonyl (C=O) groups excluding carboxylic acids is 5. The molecule has 1 saturated carbocycles. The van der Waals surface area contributed by atoms with Crippen LogP contribution in [0.15, 0.2) is 48.0 Å². The predicted octanol–water partition coefficient (Wildman–Crippen LogP) is 3.32. The van der Waals surface area contributed by atoms with Crippen molar-refractivity contribution in [2.75, 3.05) is 69.9 Å². The minimum atomic E-state index is -0.722. The van der Waals surface area contributed by atoms with Gasteiger partial charge in [0, 0.05) is 73.1 Å². The van der Waals surface area contributed by atoms with Crippen LogP contribution in [0.5, 0.6) is 0 Å². The maximum atomic E-state index is 13.5. The van der Waals surface area contributed by atoms with E-state index in [2.05, 4.69) is 31.6 Å². The van der Waals surface area contributed by atoms with Gasteiger partial charge in [0.05, 0.1) is 51.5 Å². The molecule has 16 nitrogen and oxygen atoms in total. The summed E-state index contributed by atoms with van der Waals surface area (Å²) in [6, 6.07) is 10.2. The molecule has 2 fully saturated rings. The summed E-state index contributed by atoms with van der Waals surface area (Å²) in [5.41, 5.74) is 2.05. The number of nitrogens with one attached hydrogen (secondary N) is 5. The third-order valence-corrected chi connectivity index (χ3v) is 11.1. The topological polar surface area (TPSA) is 202 Å². The second-order valence-electron chi connectivity index (χ2n) is 14.4. The molecule has 0 radical (unpaired) electrons. The lowest BCUT2D eigenvalue weighted by atomic mass is 9.70. The maximum absolute atomic E-state index is 13.5. The van der Waals surface area contributed by atoms with Crippen LogP contribution >= 0.6 is 11.3 Å². The lowest BCUT2D eigenvalue weighted by Gasteiger charge is -2.35. The SMILES string of the molecule is O=C1CCC(N2Cc3c(NC(=O)CCOCCOCCOCCNCCNC(=O)C4(Cc5cccc(Nc6nccs6)n5)CCCCC4)cccc3C2=O)C(=O)N1. The van der Waals surface area contributed by atoms with Gasteiger partial charge in [-0.15, -0.1) is 11.3 Å². The summed E-state index contributed by atoms with van der Waals surface area (Å²) in [5, 5.41) is 17.6. The quantitative estimate of drug-likeness (QED) is 0.0734. The molecule has 57 heavy (non-hydrogen) atoms. The number of hydrogen-bond acceptors (Lipinski definition) is 13. The van der Waals surface area contributed by atoms with Crippen LogP contribution in [0.2, 0.25) is 0 Å². The molecule has 5 amide bonds. The van der Waals surface area contributed by atoms with Gasteiger partial charge in [0.1, 0.15) is 11.9 Å². The second kappa shape index (κ2) is 21.1. The van der Waals surface area contributed by atoms with Crippen LogP contribution in [-0.4, -0.2) is 110 Å². The minimum Gasteiger partial charge on any atom is -0.379 e. The van der Waals surface area contributed by atoms with Gasteiger partial charge in [-0.2, -0.15) is 0 Å². The van der Waals surface area contributed by atoms with E-state index in [1.165, 1.54) is 16.2 Å². The highest BCUT2D eigenvalue weighted by Gasteiger charge is 2.41. The third kappa shape index (κ3) is 11.9. The molecule has 1 aliphatic carbocycles. The molecule has 1 unspecified atom stereocenters. The molecule has 17 heteroatoms. The molecular formula is C40H52N8O8S. The number of nitrogens with zero attached hydrogens (tertiary/aromatic N) is 3. The Morgan fingerprint density at radius 2 is 1.68 bits per heavy atom. The van der Waals surface area contributed by atoms with Gasteiger partial charge in [-0.05, 0) is 43.5 Å². The average molecular weight is 805 g/mol. The summed E-state index contributed by atoms with van der Waals surface area (Å²) in [4.78, 5) is 73.6. The summed E-state index contributed by atoms with van der Waals surface area (Å²) >= 11 is 1.52. The number of ether oxygens (including phenoxy) is 3. The molecule has 1 aromatic carbocycles. The number of piperidine rings is 1. The van der Waals surface area contributed by atoms with E-state index in [9.17, 15) is 24.0 Å². The number of rotatable bonds is 22. The third-order valence-electron chi connectivity index (χ3n) is 10.4. The fourth-order valence-corrected chi connectivity index (χ4v) is 7.98. The molecule has 5 N–H and O–H groups in total. The first-order valence-corrected chi connectivity index (χ1v) is 20.6. The summed E-state index contributed by atoms with van der Waals surface area (Å²) in [6.07, 6.45) is 7.86. The Hall–Kier alpha value is -4.81. The van der Waals surface area contributed by atoms with Gasteiger partial charge in [-0.3, -0.25) is 29.3 Å². The minimum absolute atomic E-state index is 0.0973. The molecule has 1 atom stereocenters. The molecule has 0 spiro atoms. The first kappa shape index (κ1) is 41.8. The number of hydrogen-bond donors (Lipinski definition) is 5. The van der Waals surface area contributed by atoms with Crippen LogP contribution in [0.25, 0.3) is 0 Å². The molecule has 3 aliphatic rings. The number of imide groups is 1. The molecule has 2 aliphatic heterocycles. The lowest BCUT2D eigenvalue weighted by molar-refractivity contribution is -0.137. The van der Waals surface area contributed by atoms with Gasteiger partial charge in [-0.25, -0.2) is 9.97 Å². The molecule has 0 bridgehead atoms. The Bertz CT molecular complexity index is 1840. The fraction of sp³-hybridized carbons (Fsp3) is 0.525. The number of benzene rings is 1. The van der Waals surface area contributed by atoms with Crippen LogP contribution in [0.4, 0.5) is 16.6 Å². The summed E-state index contributed by atoms with van der Waals surface area (Å²) in [6.45, 7) is 4.24.